The van der Waals surface area contributed by atoms with E-state index in [0.29, 0.717) is 34.3 Å². The van der Waals surface area contributed by atoms with Crippen LogP contribution >= 0.6 is 23.2 Å². The third kappa shape index (κ3) is 4.70. The molecular formula is C19H23Cl2F2N5. The topological polar surface area (TPSA) is 44.6 Å². The maximum Gasteiger partial charge on any atom is 0.191 e. The van der Waals surface area contributed by atoms with Crippen LogP contribution in [0.2, 0.25) is 10.2 Å². The lowest BCUT2D eigenvalue weighted by molar-refractivity contribution is 0.508. The average Bonchev–Trinajstić information content (AvgIpc) is 3.25. The van der Waals surface area contributed by atoms with Gasteiger partial charge in [-0.3, -0.25) is 4.99 Å². The van der Waals surface area contributed by atoms with Crippen molar-refractivity contribution < 1.29 is 8.78 Å². The first-order chi connectivity index (χ1) is 13.4. The summed E-state index contributed by atoms with van der Waals surface area (Å²) in [5, 5.41) is 7.59. The monoisotopic (exact) mass is 429 g/mol. The molecule has 5 nitrogen and oxygen atoms in total. The molecule has 2 N–H and O–H groups in total. The van der Waals surface area contributed by atoms with Crippen molar-refractivity contribution in [1.82, 2.24) is 15.2 Å². The number of nitrogens with one attached hydrogen (secondary N) is 2. The Morgan fingerprint density at radius 2 is 2.00 bits per heavy atom. The van der Waals surface area contributed by atoms with Crippen molar-refractivity contribution in [2.45, 2.75) is 13.0 Å². The summed E-state index contributed by atoms with van der Waals surface area (Å²) in [4.78, 5) is 6.30. The van der Waals surface area contributed by atoms with Gasteiger partial charge in [-0.2, -0.15) is 0 Å². The van der Waals surface area contributed by atoms with Gasteiger partial charge in [-0.25, -0.2) is 8.78 Å². The van der Waals surface area contributed by atoms with E-state index in [9.17, 15) is 8.78 Å². The van der Waals surface area contributed by atoms with Gasteiger partial charge in [0.1, 0.15) is 5.15 Å². The van der Waals surface area contributed by atoms with Crippen LogP contribution in [0.15, 0.2) is 29.3 Å². The number of aromatic nitrogens is 1. The maximum atomic E-state index is 13.5. The van der Waals surface area contributed by atoms with Crippen LogP contribution in [-0.4, -0.2) is 37.2 Å². The fourth-order valence-corrected chi connectivity index (χ4v) is 3.73. The molecule has 28 heavy (non-hydrogen) atoms. The first-order valence-electron chi connectivity index (χ1n) is 9.03. The second-order valence-electron chi connectivity index (χ2n) is 6.84. The molecule has 1 aliphatic heterocycles. The van der Waals surface area contributed by atoms with Crippen molar-refractivity contribution in [2.75, 3.05) is 31.6 Å². The van der Waals surface area contributed by atoms with E-state index in [0.717, 1.165) is 31.7 Å². The Morgan fingerprint density at radius 1 is 1.21 bits per heavy atom. The van der Waals surface area contributed by atoms with Crippen molar-refractivity contribution in [3.05, 3.63) is 51.8 Å². The standard InChI is InChI=1S/C19H23Cl2F2N5/c1-24-19(26-10-14-7-15(20)18(21)27(14)2)25-9-12-5-6-28(11-12)13-3-4-16(22)17(23)8-13/h3-4,7-8,12H,5-6,9-11H2,1-2H3,(H2,24,25,26). The molecule has 1 unspecified atom stereocenters. The zero-order valence-corrected chi connectivity index (χ0v) is 17.3. The largest absolute Gasteiger partial charge is 0.371 e. The second kappa shape index (κ2) is 9.01. The normalized spacial score (nSPS) is 17.3. The van der Waals surface area contributed by atoms with Gasteiger partial charge in [0.05, 0.1) is 11.6 Å². The highest BCUT2D eigenvalue weighted by Crippen LogP contribution is 2.26. The molecule has 1 fully saturated rings. The molecule has 1 aliphatic rings. The van der Waals surface area contributed by atoms with Crippen LogP contribution in [0.3, 0.4) is 0 Å². The van der Waals surface area contributed by atoms with E-state index in [-0.39, 0.29) is 0 Å². The van der Waals surface area contributed by atoms with E-state index in [1.165, 1.54) is 12.1 Å². The summed E-state index contributed by atoms with van der Waals surface area (Å²) in [6.07, 6.45) is 0.964. The molecule has 1 aromatic heterocycles. The molecule has 2 heterocycles. The number of anilines is 1. The van der Waals surface area contributed by atoms with Gasteiger partial charge in [-0.05, 0) is 30.5 Å². The van der Waals surface area contributed by atoms with Crippen LogP contribution in [0.5, 0.6) is 0 Å². The zero-order chi connectivity index (χ0) is 20.3. The Hall–Kier alpha value is -1.99. The number of hydrogen-bond donors (Lipinski definition) is 2. The number of aliphatic imine (C=N–C) groups is 1. The minimum absolute atomic E-state index is 0.380. The molecular weight excluding hydrogens is 407 g/mol. The SMILES string of the molecule is CN=C(NCc1cc(Cl)c(Cl)n1C)NCC1CCN(c2ccc(F)c(F)c2)C1. The Morgan fingerprint density at radius 3 is 2.64 bits per heavy atom. The van der Waals surface area contributed by atoms with Gasteiger partial charge in [0.15, 0.2) is 17.6 Å². The first kappa shape index (κ1) is 20.7. The first-order valence-corrected chi connectivity index (χ1v) is 9.78. The third-order valence-electron chi connectivity index (χ3n) is 4.99. The number of halogens is 4. The number of benzene rings is 1. The van der Waals surface area contributed by atoms with Crippen LogP contribution in [0.25, 0.3) is 0 Å². The fraction of sp³-hybridized carbons (Fsp3) is 0.421. The minimum Gasteiger partial charge on any atom is -0.371 e. The van der Waals surface area contributed by atoms with Crippen LogP contribution in [-0.2, 0) is 13.6 Å². The number of hydrogen-bond acceptors (Lipinski definition) is 2. The smallest absolute Gasteiger partial charge is 0.191 e. The summed E-state index contributed by atoms with van der Waals surface area (Å²) >= 11 is 12.1. The Balaban J connectivity index is 1.49. The van der Waals surface area contributed by atoms with Crippen LogP contribution < -0.4 is 15.5 Å². The van der Waals surface area contributed by atoms with E-state index in [2.05, 4.69) is 20.5 Å². The molecule has 1 atom stereocenters. The van der Waals surface area contributed by atoms with Crippen molar-refractivity contribution >= 4 is 34.8 Å². The van der Waals surface area contributed by atoms with Gasteiger partial charge in [0, 0.05) is 51.2 Å². The van der Waals surface area contributed by atoms with E-state index in [4.69, 9.17) is 23.2 Å². The van der Waals surface area contributed by atoms with Crippen molar-refractivity contribution in [2.24, 2.45) is 18.0 Å². The molecule has 0 spiro atoms. The predicted octanol–water partition coefficient (Wildman–Crippen LogP) is 3.80. The highest BCUT2D eigenvalue weighted by Gasteiger charge is 2.23. The molecule has 152 valence electrons. The molecule has 2 aromatic rings. The summed E-state index contributed by atoms with van der Waals surface area (Å²) in [5.74, 6) is -0.577. The van der Waals surface area contributed by atoms with E-state index in [1.807, 2.05) is 17.7 Å². The Kier molecular flexibility index (Phi) is 6.67. The van der Waals surface area contributed by atoms with Gasteiger partial charge in [0.2, 0.25) is 0 Å². The lowest BCUT2D eigenvalue weighted by Crippen LogP contribution is -2.40. The molecule has 3 rings (SSSR count). The van der Waals surface area contributed by atoms with Gasteiger partial charge in [-0.15, -0.1) is 0 Å². The zero-order valence-electron chi connectivity index (χ0n) is 15.8. The van der Waals surface area contributed by atoms with Crippen molar-refractivity contribution in [1.29, 1.82) is 0 Å². The Labute approximate surface area is 173 Å². The van der Waals surface area contributed by atoms with Crippen LogP contribution in [0, 0.1) is 17.6 Å². The summed E-state index contributed by atoms with van der Waals surface area (Å²) in [7, 11) is 3.56. The molecule has 0 amide bonds. The van der Waals surface area contributed by atoms with Crippen LogP contribution in [0.1, 0.15) is 12.1 Å². The van der Waals surface area contributed by atoms with Crippen molar-refractivity contribution in [3.63, 3.8) is 0 Å². The van der Waals surface area contributed by atoms with Crippen LogP contribution in [0.4, 0.5) is 14.5 Å². The maximum absolute atomic E-state index is 13.5. The summed E-state index contributed by atoms with van der Waals surface area (Å²) in [5.41, 5.74) is 1.66. The quantitative estimate of drug-likeness (QED) is 0.561. The molecule has 9 heteroatoms. The number of rotatable bonds is 5. The lowest BCUT2D eigenvalue weighted by atomic mass is 10.1. The minimum atomic E-state index is -0.822. The second-order valence-corrected chi connectivity index (χ2v) is 7.60. The lowest BCUT2D eigenvalue weighted by Gasteiger charge is -2.19. The number of nitrogens with zero attached hydrogens (tertiary/aromatic N) is 3. The highest BCUT2D eigenvalue weighted by molar-refractivity contribution is 6.41. The fourth-order valence-electron chi connectivity index (χ4n) is 3.31. The van der Waals surface area contributed by atoms with Gasteiger partial charge in [0.25, 0.3) is 0 Å². The molecule has 0 saturated carbocycles. The molecule has 1 aromatic carbocycles. The summed E-state index contributed by atoms with van der Waals surface area (Å²) < 4.78 is 28.4. The molecule has 1 saturated heterocycles. The molecule has 0 radical (unpaired) electrons. The summed E-state index contributed by atoms with van der Waals surface area (Å²) in [6, 6.07) is 5.86. The molecule has 0 aliphatic carbocycles. The average molecular weight is 430 g/mol. The third-order valence-corrected chi connectivity index (χ3v) is 5.83. The van der Waals surface area contributed by atoms with E-state index < -0.39 is 11.6 Å². The Bertz CT molecular complexity index is 868. The van der Waals surface area contributed by atoms with E-state index in [1.54, 1.807) is 13.1 Å². The predicted molar refractivity (Wildman–Crippen MR) is 110 cm³/mol. The van der Waals surface area contributed by atoms with Gasteiger partial charge in [-0.1, -0.05) is 23.2 Å². The molecule has 0 bridgehead atoms. The van der Waals surface area contributed by atoms with E-state index >= 15 is 0 Å². The van der Waals surface area contributed by atoms with Crippen molar-refractivity contribution in [3.8, 4) is 0 Å². The number of guanidine groups is 1. The summed E-state index contributed by atoms with van der Waals surface area (Å²) in [6.45, 7) is 2.85. The highest BCUT2D eigenvalue weighted by atomic mass is 35.5. The van der Waals surface area contributed by atoms with Gasteiger partial charge < -0.3 is 20.1 Å². The van der Waals surface area contributed by atoms with Gasteiger partial charge >= 0.3 is 0 Å².